The summed E-state index contributed by atoms with van der Waals surface area (Å²) in [7, 11) is 0. The van der Waals surface area contributed by atoms with E-state index in [1.807, 2.05) is 38.1 Å². The van der Waals surface area contributed by atoms with Gasteiger partial charge in [-0.25, -0.2) is 5.43 Å². The van der Waals surface area contributed by atoms with Crippen molar-refractivity contribution in [2.45, 2.75) is 39.5 Å². The van der Waals surface area contributed by atoms with E-state index in [1.165, 1.54) is 0 Å². The quantitative estimate of drug-likeness (QED) is 0.653. The second-order valence-corrected chi connectivity index (χ2v) is 6.92. The Kier molecular flexibility index (Phi) is 6.06. The molecule has 6 heteroatoms. The number of aromatic nitrogens is 1. The van der Waals surface area contributed by atoms with Crippen molar-refractivity contribution in [3.63, 3.8) is 0 Å². The predicted octanol–water partition coefficient (Wildman–Crippen LogP) is 2.95. The van der Waals surface area contributed by atoms with Gasteiger partial charge in [-0.15, -0.1) is 0 Å². The van der Waals surface area contributed by atoms with Crippen LogP contribution in [-0.4, -0.2) is 40.6 Å². The van der Waals surface area contributed by atoms with Crippen LogP contribution in [-0.2, 0) is 9.59 Å². The summed E-state index contributed by atoms with van der Waals surface area (Å²) in [6.45, 7) is 4.79. The number of amides is 2. The lowest BCUT2D eigenvalue weighted by Gasteiger charge is -2.18. The van der Waals surface area contributed by atoms with Crippen LogP contribution in [0.25, 0.3) is 5.69 Å². The lowest BCUT2D eigenvalue weighted by Crippen LogP contribution is -2.39. The van der Waals surface area contributed by atoms with Gasteiger partial charge in [0.1, 0.15) is 6.54 Å². The normalized spacial score (nSPS) is 15.2. The van der Waals surface area contributed by atoms with E-state index in [0.717, 1.165) is 41.9 Å². The number of para-hydroxylation sites is 1. The molecule has 1 aliphatic rings. The number of benzene rings is 1. The van der Waals surface area contributed by atoms with Gasteiger partial charge in [0.05, 0.1) is 6.21 Å². The molecule has 0 aliphatic carbocycles. The highest BCUT2D eigenvalue weighted by atomic mass is 16.2. The molecule has 1 aromatic carbocycles. The van der Waals surface area contributed by atoms with Crippen LogP contribution in [0, 0.1) is 13.8 Å². The van der Waals surface area contributed by atoms with E-state index in [0.29, 0.717) is 13.0 Å². The first-order chi connectivity index (χ1) is 13.1. The highest BCUT2D eigenvalue weighted by Crippen LogP contribution is 2.19. The van der Waals surface area contributed by atoms with Crippen LogP contribution >= 0.6 is 0 Å². The molecule has 27 heavy (non-hydrogen) atoms. The molecule has 0 radical (unpaired) electrons. The van der Waals surface area contributed by atoms with Gasteiger partial charge in [0, 0.05) is 35.6 Å². The van der Waals surface area contributed by atoms with Crippen LogP contribution < -0.4 is 5.43 Å². The monoisotopic (exact) mass is 366 g/mol. The van der Waals surface area contributed by atoms with Gasteiger partial charge < -0.3 is 9.47 Å². The van der Waals surface area contributed by atoms with Crippen LogP contribution in [0.5, 0.6) is 0 Å². The van der Waals surface area contributed by atoms with Crippen LogP contribution in [0.4, 0.5) is 0 Å². The molecule has 2 heterocycles. The summed E-state index contributed by atoms with van der Waals surface area (Å²) in [5.41, 5.74) is 6.74. The number of hydrogen-bond acceptors (Lipinski definition) is 3. The summed E-state index contributed by atoms with van der Waals surface area (Å²) in [5, 5.41) is 4.09. The third-order valence-electron chi connectivity index (χ3n) is 4.88. The summed E-state index contributed by atoms with van der Waals surface area (Å²) in [6.07, 6.45) is 5.09. The Bertz CT molecular complexity index is 839. The molecule has 0 bridgehead atoms. The highest BCUT2D eigenvalue weighted by Gasteiger charge is 2.18. The Morgan fingerprint density at radius 1 is 1.19 bits per heavy atom. The van der Waals surface area contributed by atoms with Gasteiger partial charge >= 0.3 is 0 Å². The van der Waals surface area contributed by atoms with Crippen molar-refractivity contribution in [2.24, 2.45) is 5.10 Å². The number of carbonyl (C=O) groups excluding carboxylic acids is 2. The second-order valence-electron chi connectivity index (χ2n) is 6.92. The number of carbonyl (C=O) groups is 2. The Morgan fingerprint density at radius 3 is 2.74 bits per heavy atom. The van der Waals surface area contributed by atoms with Gasteiger partial charge in [-0.05, 0) is 44.9 Å². The van der Waals surface area contributed by atoms with Crippen LogP contribution in [0.1, 0.15) is 42.6 Å². The molecular formula is C21H26N4O2. The molecule has 3 rings (SSSR count). The average Bonchev–Trinajstić information content (AvgIpc) is 2.79. The number of likely N-dealkylation sites (tertiary alicyclic amines) is 1. The molecular weight excluding hydrogens is 340 g/mol. The SMILES string of the molecule is Cc1cc(/C=N\NC(=O)CN2CCCCCC2=O)c(C)n1-c1ccccc1. The fourth-order valence-corrected chi connectivity index (χ4v) is 3.48. The molecule has 0 spiro atoms. The Hall–Kier alpha value is -2.89. The van der Waals surface area contributed by atoms with Crippen LogP contribution in [0.3, 0.4) is 0 Å². The van der Waals surface area contributed by atoms with Crippen LogP contribution in [0.15, 0.2) is 41.5 Å². The molecule has 0 unspecified atom stereocenters. The summed E-state index contributed by atoms with van der Waals surface area (Å²) in [6, 6.07) is 12.2. The zero-order valence-corrected chi connectivity index (χ0v) is 15.9. The minimum absolute atomic E-state index is 0.0537. The molecule has 1 aliphatic heterocycles. The second kappa shape index (κ2) is 8.66. The molecule has 2 aromatic rings. The van der Waals surface area contributed by atoms with Crippen molar-refractivity contribution < 1.29 is 9.59 Å². The first kappa shape index (κ1) is 18.9. The topological polar surface area (TPSA) is 66.7 Å². The maximum absolute atomic E-state index is 12.1. The molecule has 6 nitrogen and oxygen atoms in total. The Morgan fingerprint density at radius 2 is 1.96 bits per heavy atom. The molecule has 0 atom stereocenters. The first-order valence-electron chi connectivity index (χ1n) is 9.40. The fourth-order valence-electron chi connectivity index (χ4n) is 3.48. The molecule has 2 amide bonds. The van der Waals surface area contributed by atoms with E-state index < -0.39 is 0 Å². The number of hydrazone groups is 1. The molecule has 1 fully saturated rings. The van der Waals surface area contributed by atoms with Gasteiger partial charge in [-0.2, -0.15) is 5.10 Å². The first-order valence-corrected chi connectivity index (χ1v) is 9.40. The number of nitrogens with one attached hydrogen (secondary N) is 1. The van der Waals surface area contributed by atoms with Crippen molar-refractivity contribution >= 4 is 18.0 Å². The zero-order valence-electron chi connectivity index (χ0n) is 15.9. The highest BCUT2D eigenvalue weighted by molar-refractivity contribution is 5.87. The number of aryl methyl sites for hydroxylation is 1. The van der Waals surface area contributed by atoms with E-state index in [2.05, 4.69) is 27.2 Å². The van der Waals surface area contributed by atoms with Gasteiger partial charge in [0.25, 0.3) is 5.91 Å². The third kappa shape index (κ3) is 4.64. The smallest absolute Gasteiger partial charge is 0.259 e. The maximum atomic E-state index is 12.1. The zero-order chi connectivity index (χ0) is 19.2. The van der Waals surface area contributed by atoms with E-state index in [9.17, 15) is 9.59 Å². The standard InChI is InChI=1S/C21H26N4O2/c1-16-13-18(17(2)25(16)19-9-5-3-6-10-19)14-22-23-20(26)15-24-12-8-4-7-11-21(24)27/h3,5-6,9-10,13-14H,4,7-8,11-12,15H2,1-2H3,(H,23,26)/b22-14-. The maximum Gasteiger partial charge on any atom is 0.259 e. The lowest BCUT2D eigenvalue weighted by molar-refractivity contribution is -0.135. The molecule has 1 aromatic heterocycles. The van der Waals surface area contributed by atoms with E-state index in [1.54, 1.807) is 11.1 Å². The molecule has 1 N–H and O–H groups in total. The van der Waals surface area contributed by atoms with Crippen molar-refractivity contribution in [1.82, 2.24) is 14.9 Å². The van der Waals surface area contributed by atoms with Crippen molar-refractivity contribution in [3.05, 3.63) is 53.3 Å². The average molecular weight is 366 g/mol. The fraction of sp³-hybridized carbons (Fsp3) is 0.381. The van der Waals surface area contributed by atoms with Gasteiger partial charge in [0.15, 0.2) is 0 Å². The minimum Gasteiger partial charge on any atom is -0.333 e. The number of rotatable bonds is 5. The summed E-state index contributed by atoms with van der Waals surface area (Å²) < 4.78 is 2.15. The van der Waals surface area contributed by atoms with Crippen molar-refractivity contribution in [3.8, 4) is 5.69 Å². The molecule has 142 valence electrons. The number of hydrogen-bond donors (Lipinski definition) is 1. The predicted molar refractivity (Wildman–Crippen MR) is 106 cm³/mol. The van der Waals surface area contributed by atoms with Gasteiger partial charge in [-0.3, -0.25) is 9.59 Å². The molecule has 0 saturated carbocycles. The summed E-state index contributed by atoms with van der Waals surface area (Å²) in [4.78, 5) is 25.7. The van der Waals surface area contributed by atoms with Crippen LogP contribution in [0.2, 0.25) is 0 Å². The Labute approximate surface area is 159 Å². The van der Waals surface area contributed by atoms with E-state index in [4.69, 9.17) is 0 Å². The Balaban J connectivity index is 1.63. The van der Waals surface area contributed by atoms with Gasteiger partial charge in [0.2, 0.25) is 5.91 Å². The van der Waals surface area contributed by atoms with Gasteiger partial charge in [-0.1, -0.05) is 24.6 Å². The van der Waals surface area contributed by atoms with E-state index >= 15 is 0 Å². The largest absolute Gasteiger partial charge is 0.333 e. The van der Waals surface area contributed by atoms with Crippen molar-refractivity contribution in [2.75, 3.05) is 13.1 Å². The number of nitrogens with zero attached hydrogens (tertiary/aromatic N) is 3. The van der Waals surface area contributed by atoms with Crippen molar-refractivity contribution in [1.29, 1.82) is 0 Å². The molecule has 1 saturated heterocycles. The third-order valence-corrected chi connectivity index (χ3v) is 4.88. The summed E-state index contributed by atoms with van der Waals surface area (Å²) in [5.74, 6) is -0.212. The lowest BCUT2D eigenvalue weighted by atomic mass is 10.2. The van der Waals surface area contributed by atoms with E-state index in [-0.39, 0.29) is 18.4 Å². The minimum atomic E-state index is -0.265. The summed E-state index contributed by atoms with van der Waals surface area (Å²) >= 11 is 0.